The van der Waals surface area contributed by atoms with E-state index < -0.39 is 6.03 Å². The second-order valence-electron chi connectivity index (χ2n) is 8.48. The van der Waals surface area contributed by atoms with Crippen LogP contribution in [0.5, 0.6) is 5.88 Å². The molecule has 0 saturated carbocycles. The average molecular weight is 516 g/mol. The van der Waals surface area contributed by atoms with Gasteiger partial charge in [0, 0.05) is 51.5 Å². The van der Waals surface area contributed by atoms with Crippen molar-refractivity contribution in [3.05, 3.63) is 33.9 Å². The van der Waals surface area contributed by atoms with Crippen LogP contribution >= 0.6 is 11.3 Å². The average Bonchev–Trinajstić information content (AvgIpc) is 3.17. The van der Waals surface area contributed by atoms with Gasteiger partial charge in [0.25, 0.3) is 0 Å². The largest absolute Gasteiger partial charge is 0.476 e. The molecule has 5 rings (SSSR count). The molecule has 13 heteroatoms. The van der Waals surface area contributed by atoms with E-state index in [1.165, 1.54) is 0 Å². The predicted molar refractivity (Wildman–Crippen MR) is 138 cm³/mol. The van der Waals surface area contributed by atoms with Crippen molar-refractivity contribution in [3.63, 3.8) is 0 Å². The lowest BCUT2D eigenvalue weighted by Gasteiger charge is -2.28. The number of hydrogen-bond acceptors (Lipinski definition) is 10. The van der Waals surface area contributed by atoms with Crippen LogP contribution in [-0.2, 0) is 16.5 Å². The summed E-state index contributed by atoms with van der Waals surface area (Å²) >= 11 is 1.13. The lowest BCUT2D eigenvalue weighted by molar-refractivity contribution is 0.0320. The zero-order chi connectivity index (χ0) is 24.9. The standard InChI is InChI=1S/C23H29N7O5S/c1-28-17-3-2-16(14-18(17)36-23(28)32)24-22(31)26-19-15-20(35-13-6-29-4-9-33-10-5-29)27-21(25-19)30-7-11-34-12-8-30/h2-3,14-15H,4-13H2,1H3,(H2,24,25,26,27,31). The van der Waals surface area contributed by atoms with Crippen LogP contribution in [0.4, 0.5) is 22.2 Å². The minimum absolute atomic E-state index is 0.0515. The lowest BCUT2D eigenvalue weighted by atomic mass is 10.3. The van der Waals surface area contributed by atoms with Crippen molar-refractivity contribution in [2.75, 3.05) is 81.3 Å². The van der Waals surface area contributed by atoms with Crippen molar-refractivity contribution < 1.29 is 19.0 Å². The molecule has 0 atom stereocenters. The number of anilines is 3. The molecule has 1 aromatic carbocycles. The number of benzene rings is 1. The minimum Gasteiger partial charge on any atom is -0.476 e. The molecule has 0 aliphatic carbocycles. The van der Waals surface area contributed by atoms with Gasteiger partial charge >= 0.3 is 10.9 Å². The number of fused-ring (bicyclic) bond motifs is 1. The molecule has 2 fully saturated rings. The summed E-state index contributed by atoms with van der Waals surface area (Å²) in [5.74, 6) is 1.20. The van der Waals surface area contributed by atoms with Gasteiger partial charge in [-0.2, -0.15) is 9.97 Å². The number of urea groups is 1. The third-order valence-corrected chi connectivity index (χ3v) is 7.03. The fourth-order valence-electron chi connectivity index (χ4n) is 4.05. The summed E-state index contributed by atoms with van der Waals surface area (Å²) in [5.41, 5.74) is 1.40. The molecule has 36 heavy (non-hydrogen) atoms. The first-order chi connectivity index (χ1) is 17.5. The Balaban J connectivity index is 1.28. The minimum atomic E-state index is -0.455. The summed E-state index contributed by atoms with van der Waals surface area (Å²) in [7, 11) is 1.72. The molecule has 0 radical (unpaired) electrons. The molecule has 2 aliphatic heterocycles. The van der Waals surface area contributed by atoms with Crippen molar-refractivity contribution in [2.24, 2.45) is 7.05 Å². The summed E-state index contributed by atoms with van der Waals surface area (Å²) in [4.78, 5) is 38.0. The van der Waals surface area contributed by atoms with Crippen LogP contribution < -0.4 is 25.1 Å². The number of thiazole rings is 1. The zero-order valence-corrected chi connectivity index (χ0v) is 20.9. The Kier molecular flexibility index (Phi) is 7.60. The SMILES string of the molecule is Cn1c(=O)sc2cc(NC(=O)Nc3cc(OCCN4CCOCC4)nc(N4CCOCC4)n3)ccc21. The molecular weight excluding hydrogens is 486 g/mol. The van der Waals surface area contributed by atoms with Gasteiger partial charge in [0.15, 0.2) is 0 Å². The Hall–Kier alpha value is -3.26. The van der Waals surface area contributed by atoms with E-state index >= 15 is 0 Å². The van der Waals surface area contributed by atoms with Crippen molar-refractivity contribution >= 4 is 45.0 Å². The number of hydrogen-bond donors (Lipinski definition) is 2. The molecular formula is C23H29N7O5S. The Labute approximate surface area is 211 Å². The molecule has 0 spiro atoms. The number of nitrogens with one attached hydrogen (secondary N) is 2. The summed E-state index contributed by atoms with van der Waals surface area (Å²) in [6.45, 7) is 6.93. The van der Waals surface area contributed by atoms with E-state index in [0.717, 1.165) is 54.4 Å². The summed E-state index contributed by atoms with van der Waals surface area (Å²) in [5, 5.41) is 5.59. The van der Waals surface area contributed by atoms with Crippen LogP contribution in [0, 0.1) is 0 Å². The van der Waals surface area contributed by atoms with Crippen LogP contribution in [0.25, 0.3) is 10.2 Å². The molecule has 2 aromatic heterocycles. The van der Waals surface area contributed by atoms with E-state index in [1.807, 2.05) is 11.0 Å². The summed E-state index contributed by atoms with van der Waals surface area (Å²) in [6.07, 6.45) is 0. The molecule has 4 heterocycles. The van der Waals surface area contributed by atoms with Gasteiger partial charge in [-0.3, -0.25) is 15.0 Å². The highest BCUT2D eigenvalue weighted by Crippen LogP contribution is 2.23. The van der Waals surface area contributed by atoms with E-state index in [-0.39, 0.29) is 4.87 Å². The number of ether oxygens (including phenoxy) is 3. The molecule has 2 saturated heterocycles. The second kappa shape index (κ2) is 11.2. The van der Waals surface area contributed by atoms with Gasteiger partial charge in [0.1, 0.15) is 12.4 Å². The van der Waals surface area contributed by atoms with E-state index in [1.54, 1.807) is 29.8 Å². The third-order valence-electron chi connectivity index (χ3n) is 6.04. The molecule has 12 nitrogen and oxygen atoms in total. The fourth-order valence-corrected chi connectivity index (χ4v) is 4.97. The van der Waals surface area contributed by atoms with Crippen LogP contribution in [0.3, 0.4) is 0 Å². The number of aromatic nitrogens is 3. The normalized spacial score (nSPS) is 16.8. The van der Waals surface area contributed by atoms with E-state index in [9.17, 15) is 9.59 Å². The van der Waals surface area contributed by atoms with Crippen molar-refractivity contribution in [1.29, 1.82) is 0 Å². The Morgan fingerprint density at radius 2 is 1.81 bits per heavy atom. The lowest BCUT2D eigenvalue weighted by Crippen LogP contribution is -2.39. The van der Waals surface area contributed by atoms with Crippen LogP contribution in [0.1, 0.15) is 0 Å². The molecule has 2 amide bonds. The smallest absolute Gasteiger partial charge is 0.324 e. The maximum atomic E-state index is 12.8. The van der Waals surface area contributed by atoms with Gasteiger partial charge < -0.3 is 29.0 Å². The summed E-state index contributed by atoms with van der Waals surface area (Å²) < 4.78 is 19.2. The van der Waals surface area contributed by atoms with E-state index in [4.69, 9.17) is 14.2 Å². The highest BCUT2D eigenvalue weighted by molar-refractivity contribution is 7.16. The Morgan fingerprint density at radius 1 is 1.06 bits per heavy atom. The highest BCUT2D eigenvalue weighted by Gasteiger charge is 2.18. The molecule has 2 N–H and O–H groups in total. The van der Waals surface area contributed by atoms with Crippen LogP contribution in [0.2, 0.25) is 0 Å². The van der Waals surface area contributed by atoms with Gasteiger partial charge in [-0.15, -0.1) is 0 Å². The number of morpholine rings is 2. The van der Waals surface area contributed by atoms with Gasteiger partial charge in [-0.1, -0.05) is 11.3 Å². The first-order valence-corrected chi connectivity index (χ1v) is 12.7. The van der Waals surface area contributed by atoms with Crippen LogP contribution in [0.15, 0.2) is 29.1 Å². The first kappa shape index (κ1) is 24.4. The Bertz CT molecular complexity index is 1270. The van der Waals surface area contributed by atoms with E-state index in [2.05, 4.69) is 25.5 Å². The van der Waals surface area contributed by atoms with E-state index in [0.29, 0.717) is 56.2 Å². The zero-order valence-electron chi connectivity index (χ0n) is 20.1. The quantitative estimate of drug-likeness (QED) is 0.483. The van der Waals surface area contributed by atoms with Crippen molar-refractivity contribution in [3.8, 4) is 5.88 Å². The third kappa shape index (κ3) is 5.93. The number of rotatable bonds is 7. The molecule has 3 aromatic rings. The van der Waals surface area contributed by atoms with Crippen molar-refractivity contribution in [2.45, 2.75) is 0 Å². The first-order valence-electron chi connectivity index (χ1n) is 11.9. The number of carbonyl (C=O) groups excluding carboxylic acids is 1. The molecule has 0 unspecified atom stereocenters. The molecule has 192 valence electrons. The van der Waals surface area contributed by atoms with Gasteiger partial charge in [0.05, 0.1) is 36.6 Å². The van der Waals surface area contributed by atoms with Gasteiger partial charge in [-0.25, -0.2) is 4.79 Å². The fraction of sp³-hybridized carbons (Fsp3) is 0.478. The van der Waals surface area contributed by atoms with Crippen LogP contribution in [-0.4, -0.2) is 91.2 Å². The number of carbonyl (C=O) groups is 1. The number of nitrogens with zero attached hydrogens (tertiary/aromatic N) is 5. The number of amides is 2. The summed E-state index contributed by atoms with van der Waals surface area (Å²) in [6, 6.07) is 6.51. The topological polar surface area (TPSA) is 123 Å². The monoisotopic (exact) mass is 515 g/mol. The maximum Gasteiger partial charge on any atom is 0.324 e. The second-order valence-corrected chi connectivity index (χ2v) is 9.48. The molecule has 2 aliphatic rings. The Morgan fingerprint density at radius 3 is 2.58 bits per heavy atom. The number of aryl methyl sites for hydroxylation is 1. The van der Waals surface area contributed by atoms with Crippen molar-refractivity contribution in [1.82, 2.24) is 19.4 Å². The van der Waals surface area contributed by atoms with Gasteiger partial charge in [-0.05, 0) is 18.2 Å². The molecule has 0 bridgehead atoms. The van der Waals surface area contributed by atoms with Gasteiger partial charge in [0.2, 0.25) is 11.8 Å². The predicted octanol–water partition coefficient (Wildman–Crippen LogP) is 1.58. The highest BCUT2D eigenvalue weighted by atomic mass is 32.1. The maximum absolute atomic E-state index is 12.8.